The van der Waals surface area contributed by atoms with Crippen molar-refractivity contribution in [2.24, 2.45) is 0 Å². The molecule has 1 aromatic carbocycles. The maximum absolute atomic E-state index is 9.52. The molecule has 18 heavy (non-hydrogen) atoms. The second kappa shape index (κ2) is 4.94. The Labute approximate surface area is 107 Å². The van der Waals surface area contributed by atoms with Gasteiger partial charge in [-0.15, -0.1) is 0 Å². The van der Waals surface area contributed by atoms with Crippen molar-refractivity contribution in [2.75, 3.05) is 5.32 Å². The number of nitrogens with one attached hydrogen (secondary N) is 1. The molecule has 1 aromatic heterocycles. The summed E-state index contributed by atoms with van der Waals surface area (Å²) >= 11 is 0. The second-order valence-corrected chi connectivity index (χ2v) is 5.03. The minimum Gasteiger partial charge on any atom is -0.393 e. The van der Waals surface area contributed by atoms with Crippen molar-refractivity contribution in [2.45, 2.75) is 37.8 Å². The smallest absolute Gasteiger partial charge is 0.134 e. The Morgan fingerprint density at radius 3 is 2.67 bits per heavy atom. The zero-order chi connectivity index (χ0) is 12.4. The van der Waals surface area contributed by atoms with Crippen LogP contribution in [0.1, 0.15) is 25.7 Å². The van der Waals surface area contributed by atoms with E-state index in [9.17, 15) is 5.11 Å². The number of pyridine rings is 1. The third-order valence-electron chi connectivity index (χ3n) is 3.71. The average molecular weight is 242 g/mol. The predicted octanol–water partition coefficient (Wildman–Crippen LogP) is 2.95. The number of benzene rings is 1. The normalized spacial score (nSPS) is 24.1. The molecule has 0 unspecified atom stereocenters. The van der Waals surface area contributed by atoms with Crippen LogP contribution in [-0.4, -0.2) is 22.2 Å². The molecule has 0 atom stereocenters. The highest BCUT2D eigenvalue weighted by Gasteiger charge is 2.19. The zero-order valence-electron chi connectivity index (χ0n) is 10.3. The third-order valence-corrected chi connectivity index (χ3v) is 3.71. The van der Waals surface area contributed by atoms with Gasteiger partial charge in [0.2, 0.25) is 0 Å². The Morgan fingerprint density at radius 1 is 1.06 bits per heavy atom. The molecule has 0 bridgehead atoms. The first-order valence-corrected chi connectivity index (χ1v) is 6.61. The second-order valence-electron chi connectivity index (χ2n) is 5.03. The third kappa shape index (κ3) is 2.31. The first-order valence-electron chi connectivity index (χ1n) is 6.61. The number of aliphatic hydroxyl groups excluding tert-OH is 1. The molecule has 0 saturated heterocycles. The van der Waals surface area contributed by atoms with Gasteiger partial charge in [-0.25, -0.2) is 4.98 Å². The maximum Gasteiger partial charge on any atom is 0.134 e. The lowest BCUT2D eigenvalue weighted by Crippen LogP contribution is -2.28. The van der Waals surface area contributed by atoms with Gasteiger partial charge in [0, 0.05) is 17.6 Å². The monoisotopic (exact) mass is 242 g/mol. The average Bonchev–Trinajstić information content (AvgIpc) is 2.42. The highest BCUT2D eigenvalue weighted by Crippen LogP contribution is 2.25. The summed E-state index contributed by atoms with van der Waals surface area (Å²) in [6.07, 6.45) is 5.56. The van der Waals surface area contributed by atoms with Crippen molar-refractivity contribution < 1.29 is 5.11 Å². The standard InChI is InChI=1S/C15H18N2O/c18-13-7-5-12(6-8-13)17-15-14-4-2-1-3-11(14)9-10-16-15/h1-4,9-10,12-13,18H,5-8H2,(H,16,17). The van der Waals surface area contributed by atoms with E-state index >= 15 is 0 Å². The summed E-state index contributed by atoms with van der Waals surface area (Å²) in [5.74, 6) is 0.967. The molecular formula is C15H18N2O. The van der Waals surface area contributed by atoms with Gasteiger partial charge in [0.25, 0.3) is 0 Å². The summed E-state index contributed by atoms with van der Waals surface area (Å²) in [6, 6.07) is 10.8. The van der Waals surface area contributed by atoms with Crippen LogP contribution in [0, 0.1) is 0 Å². The molecule has 3 rings (SSSR count). The number of aliphatic hydroxyl groups is 1. The number of rotatable bonds is 2. The molecule has 94 valence electrons. The molecule has 0 amide bonds. The van der Waals surface area contributed by atoms with E-state index in [0.717, 1.165) is 31.5 Å². The first-order chi connectivity index (χ1) is 8.83. The molecule has 1 heterocycles. The Kier molecular flexibility index (Phi) is 3.15. The lowest BCUT2D eigenvalue weighted by molar-refractivity contribution is 0.126. The Balaban J connectivity index is 1.82. The molecule has 0 aliphatic heterocycles. The van der Waals surface area contributed by atoms with Crippen LogP contribution in [0.4, 0.5) is 5.82 Å². The van der Waals surface area contributed by atoms with Gasteiger partial charge in [0.15, 0.2) is 0 Å². The van der Waals surface area contributed by atoms with Crippen LogP contribution in [0.25, 0.3) is 10.8 Å². The molecule has 2 aromatic rings. The molecule has 3 nitrogen and oxygen atoms in total. The lowest BCUT2D eigenvalue weighted by Gasteiger charge is -2.27. The van der Waals surface area contributed by atoms with Crippen LogP contribution in [0.2, 0.25) is 0 Å². The number of hydrogen-bond acceptors (Lipinski definition) is 3. The van der Waals surface area contributed by atoms with Gasteiger partial charge in [-0.1, -0.05) is 24.3 Å². The van der Waals surface area contributed by atoms with Gasteiger partial charge in [-0.3, -0.25) is 0 Å². The lowest BCUT2D eigenvalue weighted by atomic mass is 9.93. The minimum atomic E-state index is -0.108. The highest BCUT2D eigenvalue weighted by atomic mass is 16.3. The van der Waals surface area contributed by atoms with E-state index in [-0.39, 0.29) is 6.10 Å². The van der Waals surface area contributed by atoms with Crippen molar-refractivity contribution in [1.82, 2.24) is 4.98 Å². The summed E-state index contributed by atoms with van der Waals surface area (Å²) in [5.41, 5.74) is 0. The van der Waals surface area contributed by atoms with E-state index in [4.69, 9.17) is 0 Å². The Bertz CT molecular complexity index is 528. The molecule has 1 aliphatic carbocycles. The van der Waals surface area contributed by atoms with E-state index in [1.54, 1.807) is 0 Å². The van der Waals surface area contributed by atoms with E-state index in [1.165, 1.54) is 10.8 Å². The van der Waals surface area contributed by atoms with Crippen molar-refractivity contribution in [3.63, 3.8) is 0 Å². The van der Waals surface area contributed by atoms with E-state index in [1.807, 2.05) is 24.4 Å². The predicted molar refractivity (Wildman–Crippen MR) is 73.6 cm³/mol. The quantitative estimate of drug-likeness (QED) is 0.851. The highest BCUT2D eigenvalue weighted by molar-refractivity contribution is 5.91. The van der Waals surface area contributed by atoms with Crippen molar-refractivity contribution in [1.29, 1.82) is 0 Å². The first kappa shape index (κ1) is 11.5. The van der Waals surface area contributed by atoms with Crippen LogP contribution in [0.5, 0.6) is 0 Å². The summed E-state index contributed by atoms with van der Waals surface area (Å²) < 4.78 is 0. The fourth-order valence-electron chi connectivity index (χ4n) is 2.65. The molecule has 3 heteroatoms. The molecule has 1 saturated carbocycles. The van der Waals surface area contributed by atoms with E-state index in [2.05, 4.69) is 22.4 Å². The molecule has 0 radical (unpaired) electrons. The Hall–Kier alpha value is -1.61. The topological polar surface area (TPSA) is 45.1 Å². The van der Waals surface area contributed by atoms with Gasteiger partial charge in [-0.2, -0.15) is 0 Å². The molecule has 0 spiro atoms. The molecular weight excluding hydrogens is 224 g/mol. The number of aromatic nitrogens is 1. The largest absolute Gasteiger partial charge is 0.393 e. The summed E-state index contributed by atoms with van der Waals surface area (Å²) in [5, 5.41) is 15.4. The molecule has 1 fully saturated rings. The number of anilines is 1. The number of nitrogens with zero attached hydrogens (tertiary/aromatic N) is 1. The summed E-state index contributed by atoms with van der Waals surface area (Å²) in [7, 11) is 0. The van der Waals surface area contributed by atoms with Crippen LogP contribution >= 0.6 is 0 Å². The van der Waals surface area contributed by atoms with Crippen molar-refractivity contribution >= 4 is 16.6 Å². The maximum atomic E-state index is 9.52. The van der Waals surface area contributed by atoms with Gasteiger partial charge in [0.05, 0.1) is 6.10 Å². The number of fused-ring (bicyclic) bond motifs is 1. The van der Waals surface area contributed by atoms with E-state index in [0.29, 0.717) is 6.04 Å². The van der Waals surface area contributed by atoms with Gasteiger partial charge < -0.3 is 10.4 Å². The fourth-order valence-corrected chi connectivity index (χ4v) is 2.65. The summed E-state index contributed by atoms with van der Waals surface area (Å²) in [6.45, 7) is 0. The van der Waals surface area contributed by atoms with Crippen molar-refractivity contribution in [3.8, 4) is 0 Å². The van der Waals surface area contributed by atoms with Gasteiger partial charge >= 0.3 is 0 Å². The van der Waals surface area contributed by atoms with Crippen LogP contribution in [-0.2, 0) is 0 Å². The zero-order valence-corrected chi connectivity index (χ0v) is 10.3. The Morgan fingerprint density at radius 2 is 1.83 bits per heavy atom. The molecule has 2 N–H and O–H groups in total. The van der Waals surface area contributed by atoms with Gasteiger partial charge in [0.1, 0.15) is 5.82 Å². The van der Waals surface area contributed by atoms with Crippen LogP contribution in [0.15, 0.2) is 36.5 Å². The number of hydrogen-bond donors (Lipinski definition) is 2. The van der Waals surface area contributed by atoms with Gasteiger partial charge in [-0.05, 0) is 37.1 Å². The summed E-state index contributed by atoms with van der Waals surface area (Å²) in [4.78, 5) is 4.45. The van der Waals surface area contributed by atoms with Crippen LogP contribution in [0.3, 0.4) is 0 Å². The van der Waals surface area contributed by atoms with Crippen molar-refractivity contribution in [3.05, 3.63) is 36.5 Å². The minimum absolute atomic E-state index is 0.108. The molecule has 1 aliphatic rings. The SMILES string of the molecule is OC1CCC(Nc2nccc3ccccc23)CC1. The fraction of sp³-hybridized carbons (Fsp3) is 0.400. The van der Waals surface area contributed by atoms with Crippen LogP contribution < -0.4 is 5.32 Å². The van der Waals surface area contributed by atoms with E-state index < -0.39 is 0 Å².